The SMILES string of the molecule is CCN1CCCC1CNc1nc(Nc2ccc(OC3CC3)c(F)c2)nc(NC2CCCCCC2)n1. The van der Waals surface area contributed by atoms with E-state index in [0.29, 0.717) is 41.4 Å². The molecule has 1 aromatic carbocycles. The molecule has 1 saturated heterocycles. The molecule has 8 nitrogen and oxygen atoms in total. The van der Waals surface area contributed by atoms with E-state index in [-0.39, 0.29) is 11.9 Å². The molecule has 0 spiro atoms. The monoisotopic (exact) mass is 483 g/mol. The molecule has 0 bridgehead atoms. The first-order valence-corrected chi connectivity index (χ1v) is 13.4. The van der Waals surface area contributed by atoms with Gasteiger partial charge in [-0.05, 0) is 63.7 Å². The lowest BCUT2D eigenvalue weighted by Gasteiger charge is -2.23. The Morgan fingerprint density at radius 2 is 1.71 bits per heavy atom. The Balaban J connectivity index is 1.31. The zero-order valence-electron chi connectivity index (χ0n) is 20.7. The van der Waals surface area contributed by atoms with E-state index in [9.17, 15) is 4.39 Å². The van der Waals surface area contributed by atoms with Crippen molar-refractivity contribution < 1.29 is 9.13 Å². The Morgan fingerprint density at radius 3 is 2.46 bits per heavy atom. The summed E-state index contributed by atoms with van der Waals surface area (Å²) in [5.74, 6) is 1.41. The number of nitrogens with one attached hydrogen (secondary N) is 3. The minimum absolute atomic E-state index is 0.154. The van der Waals surface area contributed by atoms with E-state index < -0.39 is 0 Å². The van der Waals surface area contributed by atoms with Gasteiger partial charge in [0.1, 0.15) is 0 Å². The molecule has 1 atom stereocenters. The highest BCUT2D eigenvalue weighted by molar-refractivity contribution is 5.57. The van der Waals surface area contributed by atoms with Crippen molar-refractivity contribution in [2.45, 2.75) is 89.3 Å². The Labute approximate surface area is 207 Å². The number of hydrogen-bond donors (Lipinski definition) is 3. The van der Waals surface area contributed by atoms with Crippen LogP contribution in [-0.4, -0.2) is 57.7 Å². The fourth-order valence-corrected chi connectivity index (χ4v) is 5.10. The molecule has 2 saturated carbocycles. The van der Waals surface area contributed by atoms with E-state index in [4.69, 9.17) is 4.74 Å². The first-order valence-electron chi connectivity index (χ1n) is 13.4. The summed E-state index contributed by atoms with van der Waals surface area (Å²) < 4.78 is 20.2. The molecule has 5 rings (SSSR count). The molecule has 0 amide bonds. The molecular weight excluding hydrogens is 445 g/mol. The number of hydrogen-bond acceptors (Lipinski definition) is 8. The summed E-state index contributed by atoms with van der Waals surface area (Å²) in [6, 6.07) is 5.75. The van der Waals surface area contributed by atoms with E-state index in [1.165, 1.54) is 44.6 Å². The van der Waals surface area contributed by atoms with Gasteiger partial charge in [0.25, 0.3) is 0 Å². The number of halogens is 1. The molecule has 2 aliphatic carbocycles. The summed E-state index contributed by atoms with van der Waals surface area (Å²) in [6.45, 7) is 5.20. The third kappa shape index (κ3) is 6.72. The smallest absolute Gasteiger partial charge is 0.233 e. The molecule has 3 aliphatic rings. The van der Waals surface area contributed by atoms with Crippen LogP contribution in [0.25, 0.3) is 0 Å². The van der Waals surface area contributed by atoms with E-state index in [2.05, 4.69) is 42.7 Å². The number of rotatable bonds is 10. The molecule has 9 heteroatoms. The minimum Gasteiger partial charge on any atom is -0.487 e. The van der Waals surface area contributed by atoms with Crippen molar-refractivity contribution >= 4 is 23.5 Å². The van der Waals surface area contributed by atoms with Crippen molar-refractivity contribution in [3.05, 3.63) is 24.0 Å². The van der Waals surface area contributed by atoms with Gasteiger partial charge < -0.3 is 20.7 Å². The highest BCUT2D eigenvalue weighted by Crippen LogP contribution is 2.30. The van der Waals surface area contributed by atoms with Crippen LogP contribution in [0.4, 0.5) is 27.9 Å². The lowest BCUT2D eigenvalue weighted by atomic mass is 10.1. The fraction of sp³-hybridized carbons (Fsp3) is 0.654. The first kappa shape index (κ1) is 24.0. The Morgan fingerprint density at radius 1 is 0.943 bits per heavy atom. The third-order valence-corrected chi connectivity index (χ3v) is 7.23. The van der Waals surface area contributed by atoms with Gasteiger partial charge in [-0.25, -0.2) is 4.39 Å². The summed E-state index contributed by atoms with van der Waals surface area (Å²) in [5, 5.41) is 10.1. The number of likely N-dealkylation sites (tertiary alicyclic amines) is 1. The first-order chi connectivity index (χ1) is 17.2. The van der Waals surface area contributed by atoms with Crippen molar-refractivity contribution in [3.8, 4) is 5.75 Å². The molecule has 2 heterocycles. The van der Waals surface area contributed by atoms with Crippen LogP contribution in [-0.2, 0) is 0 Å². The van der Waals surface area contributed by atoms with Gasteiger partial charge in [-0.15, -0.1) is 0 Å². The number of likely N-dealkylation sites (N-methyl/N-ethyl adjacent to an activating group) is 1. The molecule has 190 valence electrons. The Bertz CT molecular complexity index is 978. The van der Waals surface area contributed by atoms with Crippen LogP contribution in [0.3, 0.4) is 0 Å². The molecule has 2 aromatic rings. The second kappa shape index (κ2) is 11.4. The van der Waals surface area contributed by atoms with Gasteiger partial charge in [0.15, 0.2) is 11.6 Å². The maximum Gasteiger partial charge on any atom is 0.233 e. The van der Waals surface area contributed by atoms with Crippen LogP contribution in [0.2, 0.25) is 0 Å². The largest absolute Gasteiger partial charge is 0.487 e. The van der Waals surface area contributed by atoms with Gasteiger partial charge in [-0.3, -0.25) is 4.90 Å². The molecule has 3 N–H and O–H groups in total. The molecule has 1 aliphatic heterocycles. The van der Waals surface area contributed by atoms with Crippen molar-refractivity contribution in [3.63, 3.8) is 0 Å². The quantitative estimate of drug-likeness (QED) is 0.391. The summed E-state index contributed by atoms with van der Waals surface area (Å²) in [4.78, 5) is 16.4. The number of anilines is 4. The van der Waals surface area contributed by atoms with Crippen LogP contribution < -0.4 is 20.7 Å². The van der Waals surface area contributed by atoms with Crippen LogP contribution in [0, 0.1) is 5.82 Å². The normalized spacial score (nSPS) is 21.5. The van der Waals surface area contributed by atoms with Crippen LogP contribution >= 0.6 is 0 Å². The zero-order chi connectivity index (χ0) is 24.0. The number of ether oxygens (including phenoxy) is 1. The van der Waals surface area contributed by atoms with Gasteiger partial charge >= 0.3 is 0 Å². The van der Waals surface area contributed by atoms with Crippen LogP contribution in [0.1, 0.15) is 71.1 Å². The van der Waals surface area contributed by atoms with Crippen molar-refractivity contribution in [2.75, 3.05) is 35.6 Å². The molecule has 1 aromatic heterocycles. The zero-order valence-corrected chi connectivity index (χ0v) is 20.7. The van der Waals surface area contributed by atoms with E-state index in [1.54, 1.807) is 12.1 Å². The number of nitrogens with zero attached hydrogens (tertiary/aromatic N) is 4. The van der Waals surface area contributed by atoms with Gasteiger partial charge in [-0.2, -0.15) is 15.0 Å². The Kier molecular flexibility index (Phi) is 7.81. The molecule has 0 radical (unpaired) electrons. The fourth-order valence-electron chi connectivity index (χ4n) is 5.10. The second-order valence-electron chi connectivity index (χ2n) is 10.0. The van der Waals surface area contributed by atoms with E-state index >= 15 is 0 Å². The summed E-state index contributed by atoms with van der Waals surface area (Å²) in [6.07, 6.45) is 11.8. The van der Waals surface area contributed by atoms with Crippen LogP contribution in [0.15, 0.2) is 18.2 Å². The molecular formula is C26H38FN7O. The van der Waals surface area contributed by atoms with E-state index in [1.807, 2.05) is 0 Å². The molecule has 35 heavy (non-hydrogen) atoms. The highest BCUT2D eigenvalue weighted by Gasteiger charge is 2.25. The average molecular weight is 484 g/mol. The van der Waals surface area contributed by atoms with Crippen LogP contribution in [0.5, 0.6) is 5.75 Å². The standard InChI is InChI=1S/C26H38FN7O/c1-2-34-15-7-10-20(34)17-28-24-31-25(29-18-8-5-3-4-6-9-18)33-26(32-24)30-19-11-14-23(22(27)16-19)35-21-12-13-21/h11,14,16,18,20-21H,2-10,12-13,15,17H2,1H3,(H3,28,29,30,31,32,33). The summed E-state index contributed by atoms with van der Waals surface area (Å²) in [7, 11) is 0. The van der Waals surface area contributed by atoms with Gasteiger partial charge in [-0.1, -0.05) is 32.6 Å². The number of benzene rings is 1. The maximum atomic E-state index is 14.6. The third-order valence-electron chi connectivity index (χ3n) is 7.23. The van der Waals surface area contributed by atoms with Gasteiger partial charge in [0, 0.05) is 30.4 Å². The molecule has 3 fully saturated rings. The highest BCUT2D eigenvalue weighted by atomic mass is 19.1. The topological polar surface area (TPSA) is 87.2 Å². The van der Waals surface area contributed by atoms with Crippen molar-refractivity contribution in [1.82, 2.24) is 19.9 Å². The predicted octanol–water partition coefficient (Wildman–Crippen LogP) is 5.33. The summed E-state index contributed by atoms with van der Waals surface area (Å²) >= 11 is 0. The Hall–Kier alpha value is -2.68. The average Bonchev–Trinajstić information content (AvgIpc) is 3.61. The van der Waals surface area contributed by atoms with Gasteiger partial charge in [0.05, 0.1) is 6.10 Å². The lowest BCUT2D eigenvalue weighted by molar-refractivity contribution is 0.277. The molecule has 1 unspecified atom stereocenters. The van der Waals surface area contributed by atoms with Gasteiger partial charge in [0.2, 0.25) is 17.8 Å². The minimum atomic E-state index is -0.382. The van der Waals surface area contributed by atoms with Crippen molar-refractivity contribution in [2.24, 2.45) is 0 Å². The number of aromatic nitrogens is 3. The van der Waals surface area contributed by atoms with E-state index in [0.717, 1.165) is 45.3 Å². The maximum absolute atomic E-state index is 14.6. The second-order valence-corrected chi connectivity index (χ2v) is 10.0. The van der Waals surface area contributed by atoms with Crippen molar-refractivity contribution in [1.29, 1.82) is 0 Å². The lowest BCUT2D eigenvalue weighted by Crippen LogP contribution is -2.35. The predicted molar refractivity (Wildman–Crippen MR) is 137 cm³/mol. The summed E-state index contributed by atoms with van der Waals surface area (Å²) in [5.41, 5.74) is 0.580.